The minimum atomic E-state index is -0.614. The molecule has 2 heterocycles. The van der Waals surface area contributed by atoms with Crippen molar-refractivity contribution in [1.82, 2.24) is 14.7 Å². The maximum absolute atomic E-state index is 12.4. The predicted octanol–water partition coefficient (Wildman–Crippen LogP) is 0.534. The number of nitrogens with zero attached hydrogens (tertiary/aromatic N) is 3. The second kappa shape index (κ2) is 4.80. The van der Waals surface area contributed by atoms with Gasteiger partial charge in [0.05, 0.1) is 0 Å². The molecule has 1 fully saturated rings. The van der Waals surface area contributed by atoms with Crippen LogP contribution >= 0.6 is 0 Å². The van der Waals surface area contributed by atoms with Crippen molar-refractivity contribution in [2.45, 2.75) is 32.2 Å². The second-order valence-corrected chi connectivity index (χ2v) is 4.75. The van der Waals surface area contributed by atoms with E-state index in [4.69, 9.17) is 5.73 Å². The van der Waals surface area contributed by atoms with Crippen molar-refractivity contribution < 1.29 is 9.59 Å². The van der Waals surface area contributed by atoms with Crippen molar-refractivity contribution in [2.24, 2.45) is 12.8 Å². The summed E-state index contributed by atoms with van der Waals surface area (Å²) in [6, 6.07) is 1.70. The Kier molecular flexibility index (Phi) is 3.36. The van der Waals surface area contributed by atoms with E-state index in [1.54, 1.807) is 7.05 Å². The predicted molar refractivity (Wildman–Crippen MR) is 66.1 cm³/mol. The highest BCUT2D eigenvalue weighted by Gasteiger charge is 2.27. The van der Waals surface area contributed by atoms with Gasteiger partial charge in [-0.25, -0.2) is 0 Å². The fraction of sp³-hybridized carbons (Fsp3) is 0.583. The molecule has 0 spiro atoms. The quantitative estimate of drug-likeness (QED) is 0.831. The lowest BCUT2D eigenvalue weighted by Crippen LogP contribution is -2.42. The normalized spacial score (nSPS) is 19.9. The van der Waals surface area contributed by atoms with Crippen LogP contribution in [0.15, 0.2) is 6.07 Å². The Labute approximate surface area is 106 Å². The van der Waals surface area contributed by atoms with E-state index < -0.39 is 5.91 Å². The van der Waals surface area contributed by atoms with Gasteiger partial charge in [0.25, 0.3) is 11.8 Å². The Morgan fingerprint density at radius 1 is 1.44 bits per heavy atom. The van der Waals surface area contributed by atoms with Crippen molar-refractivity contribution in [3.05, 3.63) is 17.5 Å². The Morgan fingerprint density at radius 3 is 2.72 bits per heavy atom. The highest BCUT2D eigenvalue weighted by Crippen LogP contribution is 2.19. The molecule has 2 rings (SSSR count). The SMILES string of the molecule is CC1CCCCN1C(=O)c1cc(C(N)=O)nn1C. The van der Waals surface area contributed by atoms with Gasteiger partial charge in [-0.1, -0.05) is 0 Å². The van der Waals surface area contributed by atoms with Crippen molar-refractivity contribution in [3.63, 3.8) is 0 Å². The van der Waals surface area contributed by atoms with Gasteiger partial charge in [0.15, 0.2) is 5.69 Å². The van der Waals surface area contributed by atoms with E-state index in [0.29, 0.717) is 5.69 Å². The van der Waals surface area contributed by atoms with Crippen molar-refractivity contribution >= 4 is 11.8 Å². The molecule has 6 heteroatoms. The second-order valence-electron chi connectivity index (χ2n) is 4.75. The first-order valence-corrected chi connectivity index (χ1v) is 6.15. The largest absolute Gasteiger partial charge is 0.364 e. The molecule has 0 saturated carbocycles. The summed E-state index contributed by atoms with van der Waals surface area (Å²) < 4.78 is 1.42. The molecule has 1 aliphatic rings. The number of primary amides is 1. The van der Waals surface area contributed by atoms with Crippen LogP contribution < -0.4 is 5.73 Å². The van der Waals surface area contributed by atoms with Gasteiger partial charge in [0, 0.05) is 25.7 Å². The van der Waals surface area contributed by atoms with Gasteiger partial charge in [-0.15, -0.1) is 0 Å². The van der Waals surface area contributed by atoms with E-state index in [2.05, 4.69) is 5.10 Å². The third-order valence-electron chi connectivity index (χ3n) is 3.42. The van der Waals surface area contributed by atoms with Crippen LogP contribution in [0.5, 0.6) is 0 Å². The zero-order chi connectivity index (χ0) is 13.3. The average molecular weight is 250 g/mol. The van der Waals surface area contributed by atoms with Gasteiger partial charge in [-0.2, -0.15) is 5.10 Å². The van der Waals surface area contributed by atoms with Crippen LogP contribution in [-0.2, 0) is 7.05 Å². The Morgan fingerprint density at radius 2 is 2.17 bits per heavy atom. The van der Waals surface area contributed by atoms with Gasteiger partial charge in [0.1, 0.15) is 5.69 Å². The molecule has 2 N–H and O–H groups in total. The Hall–Kier alpha value is -1.85. The number of aryl methyl sites for hydroxylation is 1. The van der Waals surface area contributed by atoms with Crippen LogP contribution in [-0.4, -0.2) is 39.1 Å². The number of nitrogens with two attached hydrogens (primary N) is 1. The van der Waals surface area contributed by atoms with Crippen LogP contribution in [0.2, 0.25) is 0 Å². The van der Waals surface area contributed by atoms with Crippen LogP contribution in [0, 0.1) is 0 Å². The molecule has 2 amide bonds. The molecule has 1 aromatic rings. The number of hydrogen-bond donors (Lipinski definition) is 1. The lowest BCUT2D eigenvalue weighted by molar-refractivity contribution is 0.0624. The van der Waals surface area contributed by atoms with Crippen LogP contribution in [0.4, 0.5) is 0 Å². The summed E-state index contributed by atoms with van der Waals surface area (Å²) in [4.78, 5) is 25.3. The van der Waals surface area contributed by atoms with Gasteiger partial charge in [-0.3, -0.25) is 14.3 Å². The van der Waals surface area contributed by atoms with Crippen LogP contribution in [0.1, 0.15) is 47.2 Å². The summed E-state index contributed by atoms with van der Waals surface area (Å²) in [5.41, 5.74) is 5.71. The number of piperidine rings is 1. The Balaban J connectivity index is 2.25. The van der Waals surface area contributed by atoms with Crippen molar-refractivity contribution in [3.8, 4) is 0 Å². The van der Waals surface area contributed by atoms with Crippen LogP contribution in [0.3, 0.4) is 0 Å². The smallest absolute Gasteiger partial charge is 0.272 e. The number of carbonyl (C=O) groups is 2. The van der Waals surface area contributed by atoms with Crippen LogP contribution in [0.25, 0.3) is 0 Å². The lowest BCUT2D eigenvalue weighted by Gasteiger charge is -2.33. The molecule has 0 aliphatic carbocycles. The summed E-state index contributed by atoms with van der Waals surface area (Å²) in [6.07, 6.45) is 3.20. The van der Waals surface area contributed by atoms with E-state index >= 15 is 0 Å². The molecule has 1 atom stereocenters. The molecule has 0 bridgehead atoms. The van der Waals surface area contributed by atoms with Gasteiger partial charge in [0.2, 0.25) is 0 Å². The summed E-state index contributed by atoms with van der Waals surface area (Å²) in [7, 11) is 1.65. The molecule has 0 aromatic carbocycles. The molecular formula is C12H18N4O2. The van der Waals surface area contributed by atoms with Crippen molar-refractivity contribution in [2.75, 3.05) is 6.54 Å². The number of amides is 2. The fourth-order valence-electron chi connectivity index (χ4n) is 2.33. The molecule has 1 saturated heterocycles. The minimum absolute atomic E-state index is 0.0790. The van der Waals surface area contributed by atoms with Gasteiger partial charge >= 0.3 is 0 Å². The zero-order valence-electron chi connectivity index (χ0n) is 10.7. The van der Waals surface area contributed by atoms with E-state index in [1.807, 2.05) is 11.8 Å². The molecule has 6 nitrogen and oxygen atoms in total. The summed E-state index contributed by atoms with van der Waals surface area (Å²) in [5, 5.41) is 3.95. The third-order valence-corrected chi connectivity index (χ3v) is 3.42. The van der Waals surface area contributed by atoms with E-state index in [-0.39, 0.29) is 17.6 Å². The minimum Gasteiger partial charge on any atom is -0.364 e. The topological polar surface area (TPSA) is 81.2 Å². The first kappa shape index (κ1) is 12.6. The van der Waals surface area contributed by atoms with E-state index in [0.717, 1.165) is 25.8 Å². The lowest BCUT2D eigenvalue weighted by atomic mass is 10.0. The number of likely N-dealkylation sites (tertiary alicyclic amines) is 1. The van der Waals surface area contributed by atoms with E-state index in [1.165, 1.54) is 10.7 Å². The molecule has 1 aliphatic heterocycles. The standard InChI is InChI=1S/C12H18N4O2/c1-8-5-3-4-6-16(8)12(18)10-7-9(11(13)17)14-15(10)2/h7-8H,3-6H2,1-2H3,(H2,13,17). The first-order chi connectivity index (χ1) is 8.50. The maximum atomic E-state index is 12.4. The van der Waals surface area contributed by atoms with E-state index in [9.17, 15) is 9.59 Å². The molecule has 1 aromatic heterocycles. The number of aromatic nitrogens is 2. The zero-order valence-corrected chi connectivity index (χ0v) is 10.7. The summed E-state index contributed by atoms with van der Waals surface area (Å²) in [5.74, 6) is -0.693. The highest BCUT2D eigenvalue weighted by atomic mass is 16.2. The molecule has 98 valence electrons. The maximum Gasteiger partial charge on any atom is 0.272 e. The van der Waals surface area contributed by atoms with Crippen molar-refractivity contribution in [1.29, 1.82) is 0 Å². The number of carbonyl (C=O) groups excluding carboxylic acids is 2. The number of hydrogen-bond acceptors (Lipinski definition) is 3. The summed E-state index contributed by atoms with van der Waals surface area (Å²) in [6.45, 7) is 2.81. The monoisotopic (exact) mass is 250 g/mol. The molecule has 0 radical (unpaired) electrons. The third kappa shape index (κ3) is 2.23. The Bertz CT molecular complexity index is 480. The first-order valence-electron chi connectivity index (χ1n) is 6.15. The molecule has 1 unspecified atom stereocenters. The average Bonchev–Trinajstić information content (AvgIpc) is 2.71. The summed E-state index contributed by atoms with van der Waals surface area (Å²) >= 11 is 0. The molecular weight excluding hydrogens is 232 g/mol. The van der Waals surface area contributed by atoms with Gasteiger partial charge in [-0.05, 0) is 26.2 Å². The number of rotatable bonds is 2. The fourth-order valence-corrected chi connectivity index (χ4v) is 2.33. The molecule has 18 heavy (non-hydrogen) atoms. The highest BCUT2D eigenvalue weighted by molar-refractivity contribution is 5.97. The van der Waals surface area contributed by atoms with Gasteiger partial charge < -0.3 is 10.6 Å².